The fourth-order valence-corrected chi connectivity index (χ4v) is 1.87. The highest BCUT2D eigenvalue weighted by Gasteiger charge is 2.71. The number of carbonyl (C=O) groups is 2. The molecule has 0 bridgehead atoms. The summed E-state index contributed by atoms with van der Waals surface area (Å²) in [5.74, 6) is -1.90. The zero-order valence-corrected chi connectivity index (χ0v) is 8.03. The molecule has 0 radical (unpaired) electrons. The molecule has 0 heterocycles. The fourth-order valence-electron chi connectivity index (χ4n) is 1.87. The lowest BCUT2D eigenvalue weighted by Gasteiger charge is -2.09. The number of ether oxygens (including phenoxy) is 1. The topological polar surface area (TPSA) is 63.6 Å². The van der Waals surface area contributed by atoms with Crippen LogP contribution in [0.2, 0.25) is 0 Å². The highest BCUT2D eigenvalue weighted by atomic mass is 16.5. The van der Waals surface area contributed by atoms with Gasteiger partial charge in [0.25, 0.3) is 0 Å². The molecule has 1 saturated carbocycles. The summed E-state index contributed by atoms with van der Waals surface area (Å²) in [5, 5.41) is 8.94. The van der Waals surface area contributed by atoms with Gasteiger partial charge in [-0.2, -0.15) is 0 Å². The SMILES string of the molecule is CCOC(=O)C1(C(=O)O)C(C)[C@H]1C. The lowest BCUT2D eigenvalue weighted by atomic mass is 10.0. The first-order valence-corrected chi connectivity index (χ1v) is 4.40. The summed E-state index contributed by atoms with van der Waals surface area (Å²) in [6.07, 6.45) is 0. The Morgan fingerprint density at radius 1 is 1.38 bits per heavy atom. The molecule has 3 atom stereocenters. The molecule has 1 aliphatic rings. The second kappa shape index (κ2) is 3.01. The third-order valence-electron chi connectivity index (χ3n) is 3.04. The summed E-state index contributed by atoms with van der Waals surface area (Å²) >= 11 is 0. The summed E-state index contributed by atoms with van der Waals surface area (Å²) < 4.78 is 4.75. The van der Waals surface area contributed by atoms with Crippen molar-refractivity contribution in [3.8, 4) is 0 Å². The summed E-state index contributed by atoms with van der Waals surface area (Å²) in [6.45, 7) is 5.42. The highest BCUT2D eigenvalue weighted by Crippen LogP contribution is 2.59. The van der Waals surface area contributed by atoms with Crippen LogP contribution >= 0.6 is 0 Å². The standard InChI is InChI=1S/C9H14O4/c1-4-13-8(12)9(7(10)11)5(2)6(9)3/h5-6H,4H2,1-3H3,(H,10,11)/t5-,6?,9?/m1/s1. The van der Waals surface area contributed by atoms with Gasteiger partial charge in [0.1, 0.15) is 0 Å². The summed E-state index contributed by atoms with van der Waals surface area (Å²) in [7, 11) is 0. The molecule has 0 saturated heterocycles. The summed E-state index contributed by atoms with van der Waals surface area (Å²) in [5.41, 5.74) is -1.27. The Labute approximate surface area is 76.9 Å². The van der Waals surface area contributed by atoms with Crippen LogP contribution in [0, 0.1) is 17.3 Å². The molecule has 13 heavy (non-hydrogen) atoms. The van der Waals surface area contributed by atoms with Crippen LogP contribution in [-0.2, 0) is 14.3 Å². The van der Waals surface area contributed by atoms with Crippen molar-refractivity contribution in [1.82, 2.24) is 0 Å². The van der Waals surface area contributed by atoms with Gasteiger partial charge in [-0.05, 0) is 18.8 Å². The van der Waals surface area contributed by atoms with Crippen LogP contribution in [-0.4, -0.2) is 23.7 Å². The van der Waals surface area contributed by atoms with Gasteiger partial charge < -0.3 is 9.84 Å². The Hall–Kier alpha value is -1.06. The van der Waals surface area contributed by atoms with Gasteiger partial charge >= 0.3 is 11.9 Å². The van der Waals surface area contributed by atoms with Crippen molar-refractivity contribution in [2.45, 2.75) is 20.8 Å². The van der Waals surface area contributed by atoms with Crippen molar-refractivity contribution in [2.75, 3.05) is 6.61 Å². The first-order valence-electron chi connectivity index (χ1n) is 4.40. The second-order valence-corrected chi connectivity index (χ2v) is 3.47. The minimum Gasteiger partial charge on any atom is -0.480 e. The normalized spacial score (nSPS) is 36.8. The number of carboxylic acid groups (broad SMARTS) is 1. The van der Waals surface area contributed by atoms with Crippen LogP contribution in [0.4, 0.5) is 0 Å². The molecule has 0 spiro atoms. The van der Waals surface area contributed by atoms with Gasteiger partial charge in [-0.3, -0.25) is 9.59 Å². The molecule has 0 aromatic heterocycles. The van der Waals surface area contributed by atoms with Crippen LogP contribution in [0.1, 0.15) is 20.8 Å². The van der Waals surface area contributed by atoms with E-state index in [0.29, 0.717) is 0 Å². The van der Waals surface area contributed by atoms with Crippen LogP contribution in [0.5, 0.6) is 0 Å². The highest BCUT2D eigenvalue weighted by molar-refractivity contribution is 6.03. The molecule has 0 aromatic rings. The number of aliphatic carboxylic acids is 1. The first-order chi connectivity index (χ1) is 5.99. The lowest BCUT2D eigenvalue weighted by Crippen LogP contribution is -2.30. The largest absolute Gasteiger partial charge is 0.480 e. The van der Waals surface area contributed by atoms with Gasteiger partial charge in [0.05, 0.1) is 6.61 Å². The molecule has 1 N–H and O–H groups in total. The average molecular weight is 186 g/mol. The first kappa shape index (κ1) is 10.0. The molecule has 74 valence electrons. The third-order valence-corrected chi connectivity index (χ3v) is 3.04. The van der Waals surface area contributed by atoms with Gasteiger partial charge in [0.15, 0.2) is 5.41 Å². The quantitative estimate of drug-likeness (QED) is 0.525. The minimum absolute atomic E-state index is 0.121. The number of carboxylic acids is 1. The van der Waals surface area contributed by atoms with E-state index in [1.54, 1.807) is 20.8 Å². The van der Waals surface area contributed by atoms with E-state index in [9.17, 15) is 9.59 Å². The van der Waals surface area contributed by atoms with E-state index in [0.717, 1.165) is 0 Å². The molecular weight excluding hydrogens is 172 g/mol. The number of hydrogen-bond donors (Lipinski definition) is 1. The number of esters is 1. The monoisotopic (exact) mass is 186 g/mol. The van der Waals surface area contributed by atoms with E-state index < -0.39 is 17.4 Å². The van der Waals surface area contributed by atoms with E-state index in [4.69, 9.17) is 9.84 Å². The summed E-state index contributed by atoms with van der Waals surface area (Å²) in [6, 6.07) is 0. The zero-order chi connectivity index (χ0) is 10.2. The molecule has 0 amide bonds. The average Bonchev–Trinajstić information content (AvgIpc) is 2.57. The molecule has 4 heteroatoms. The Morgan fingerprint density at radius 3 is 2.08 bits per heavy atom. The molecule has 1 aliphatic carbocycles. The molecule has 1 fully saturated rings. The number of hydrogen-bond acceptors (Lipinski definition) is 3. The van der Waals surface area contributed by atoms with Crippen molar-refractivity contribution in [2.24, 2.45) is 17.3 Å². The van der Waals surface area contributed by atoms with E-state index in [2.05, 4.69) is 0 Å². The molecule has 0 aromatic carbocycles. The smallest absolute Gasteiger partial charge is 0.324 e. The van der Waals surface area contributed by atoms with Crippen LogP contribution in [0.3, 0.4) is 0 Å². The van der Waals surface area contributed by atoms with Gasteiger partial charge in [0.2, 0.25) is 0 Å². The lowest BCUT2D eigenvalue weighted by molar-refractivity contribution is -0.162. The van der Waals surface area contributed by atoms with E-state index >= 15 is 0 Å². The Morgan fingerprint density at radius 2 is 1.85 bits per heavy atom. The van der Waals surface area contributed by atoms with Crippen molar-refractivity contribution >= 4 is 11.9 Å². The predicted molar refractivity (Wildman–Crippen MR) is 45.0 cm³/mol. The molecule has 1 rings (SSSR count). The predicted octanol–water partition coefficient (Wildman–Crippen LogP) is 0.906. The number of carbonyl (C=O) groups excluding carboxylic acids is 1. The molecular formula is C9H14O4. The second-order valence-electron chi connectivity index (χ2n) is 3.47. The third kappa shape index (κ3) is 1.12. The maximum Gasteiger partial charge on any atom is 0.324 e. The maximum atomic E-state index is 11.4. The summed E-state index contributed by atoms with van der Waals surface area (Å²) in [4.78, 5) is 22.3. The van der Waals surface area contributed by atoms with Crippen LogP contribution in [0.25, 0.3) is 0 Å². The molecule has 0 aliphatic heterocycles. The van der Waals surface area contributed by atoms with Crippen LogP contribution in [0.15, 0.2) is 0 Å². The van der Waals surface area contributed by atoms with E-state index in [1.165, 1.54) is 0 Å². The van der Waals surface area contributed by atoms with Crippen molar-refractivity contribution < 1.29 is 19.4 Å². The number of rotatable bonds is 3. The van der Waals surface area contributed by atoms with Gasteiger partial charge in [0, 0.05) is 0 Å². The van der Waals surface area contributed by atoms with Gasteiger partial charge in [-0.15, -0.1) is 0 Å². The maximum absolute atomic E-state index is 11.4. The van der Waals surface area contributed by atoms with Crippen LogP contribution < -0.4 is 0 Å². The zero-order valence-electron chi connectivity index (χ0n) is 8.03. The van der Waals surface area contributed by atoms with Crippen molar-refractivity contribution in [1.29, 1.82) is 0 Å². The van der Waals surface area contributed by atoms with E-state index in [-0.39, 0.29) is 18.4 Å². The van der Waals surface area contributed by atoms with Crippen molar-refractivity contribution in [3.05, 3.63) is 0 Å². The minimum atomic E-state index is -1.27. The van der Waals surface area contributed by atoms with Gasteiger partial charge in [-0.1, -0.05) is 13.8 Å². The molecule has 4 nitrogen and oxygen atoms in total. The van der Waals surface area contributed by atoms with E-state index in [1.807, 2.05) is 0 Å². The van der Waals surface area contributed by atoms with Crippen molar-refractivity contribution in [3.63, 3.8) is 0 Å². The Bertz CT molecular complexity index is 238. The molecule has 2 unspecified atom stereocenters. The Kier molecular flexibility index (Phi) is 2.32. The van der Waals surface area contributed by atoms with Gasteiger partial charge in [-0.25, -0.2) is 0 Å². The fraction of sp³-hybridized carbons (Fsp3) is 0.778. The Balaban J connectivity index is 2.84.